The molecule has 0 spiro atoms. The summed E-state index contributed by atoms with van der Waals surface area (Å²) in [7, 11) is 0. The molecule has 2 aromatic rings. The van der Waals surface area contributed by atoms with Crippen LogP contribution >= 0.6 is 0 Å². The Morgan fingerprint density at radius 1 is 1.12 bits per heavy atom. The van der Waals surface area contributed by atoms with Crippen molar-refractivity contribution in [1.29, 1.82) is 0 Å². The average molecular weight is 224 g/mol. The van der Waals surface area contributed by atoms with Gasteiger partial charge in [0, 0.05) is 12.0 Å². The molecule has 0 atom stereocenters. The number of fused-ring (bicyclic) bond motifs is 3. The highest BCUT2D eigenvalue weighted by Gasteiger charge is 2.37. The number of ketones is 1. The van der Waals surface area contributed by atoms with Gasteiger partial charge in [-0.1, -0.05) is 38.1 Å². The molecular formula is C16H16O. The third-order valence-corrected chi connectivity index (χ3v) is 3.83. The van der Waals surface area contributed by atoms with Crippen molar-refractivity contribution in [2.75, 3.05) is 0 Å². The van der Waals surface area contributed by atoms with E-state index in [1.807, 2.05) is 0 Å². The first kappa shape index (κ1) is 10.5. The molecule has 0 bridgehead atoms. The van der Waals surface area contributed by atoms with E-state index in [9.17, 15) is 4.79 Å². The van der Waals surface area contributed by atoms with Gasteiger partial charge in [0.05, 0.1) is 0 Å². The predicted molar refractivity (Wildman–Crippen MR) is 70.7 cm³/mol. The molecule has 1 aliphatic carbocycles. The van der Waals surface area contributed by atoms with E-state index in [-0.39, 0.29) is 5.41 Å². The summed E-state index contributed by atoms with van der Waals surface area (Å²) in [6, 6.07) is 10.5. The smallest absolute Gasteiger partial charge is 0.164 e. The molecule has 17 heavy (non-hydrogen) atoms. The van der Waals surface area contributed by atoms with E-state index in [1.54, 1.807) is 0 Å². The van der Waals surface area contributed by atoms with Gasteiger partial charge in [0.15, 0.2) is 5.78 Å². The Labute approximate surface area is 101 Å². The van der Waals surface area contributed by atoms with Crippen LogP contribution in [0.1, 0.15) is 41.8 Å². The van der Waals surface area contributed by atoms with Crippen LogP contribution in [0, 0.1) is 6.92 Å². The van der Waals surface area contributed by atoms with Crippen LogP contribution in [0.2, 0.25) is 0 Å². The largest absolute Gasteiger partial charge is 0.294 e. The average Bonchev–Trinajstić information content (AvgIpc) is 2.49. The lowest BCUT2D eigenvalue weighted by molar-refractivity contribution is 0.0979. The zero-order valence-electron chi connectivity index (χ0n) is 10.5. The number of Topliss-reactive ketones (excluding diaryl/α,β-unsaturated/α-hetero) is 1. The summed E-state index contributed by atoms with van der Waals surface area (Å²) in [5.41, 5.74) is 3.35. The fourth-order valence-electron chi connectivity index (χ4n) is 3.09. The van der Waals surface area contributed by atoms with E-state index in [2.05, 4.69) is 51.1 Å². The van der Waals surface area contributed by atoms with E-state index >= 15 is 0 Å². The summed E-state index contributed by atoms with van der Waals surface area (Å²) < 4.78 is 0. The molecule has 0 aromatic heterocycles. The van der Waals surface area contributed by atoms with Crippen molar-refractivity contribution < 1.29 is 4.79 Å². The second-order valence-electron chi connectivity index (χ2n) is 5.65. The molecule has 0 aliphatic heterocycles. The summed E-state index contributed by atoms with van der Waals surface area (Å²) >= 11 is 0. The Hall–Kier alpha value is -1.63. The van der Waals surface area contributed by atoms with E-state index in [0.717, 1.165) is 5.56 Å². The van der Waals surface area contributed by atoms with Crippen LogP contribution in [-0.2, 0) is 5.41 Å². The highest BCUT2D eigenvalue weighted by Crippen LogP contribution is 2.43. The van der Waals surface area contributed by atoms with Gasteiger partial charge >= 0.3 is 0 Å². The van der Waals surface area contributed by atoms with E-state index in [0.29, 0.717) is 12.2 Å². The molecule has 1 aliphatic rings. The number of rotatable bonds is 0. The Kier molecular flexibility index (Phi) is 1.97. The fraction of sp³-hybridized carbons (Fsp3) is 0.312. The van der Waals surface area contributed by atoms with Gasteiger partial charge in [0.25, 0.3) is 0 Å². The topological polar surface area (TPSA) is 17.1 Å². The van der Waals surface area contributed by atoms with Crippen LogP contribution in [0.25, 0.3) is 10.8 Å². The highest BCUT2D eigenvalue weighted by atomic mass is 16.1. The van der Waals surface area contributed by atoms with Crippen molar-refractivity contribution in [2.24, 2.45) is 0 Å². The van der Waals surface area contributed by atoms with Gasteiger partial charge in [0.2, 0.25) is 0 Å². The minimum Gasteiger partial charge on any atom is -0.294 e. The molecule has 3 rings (SSSR count). The number of benzene rings is 2. The van der Waals surface area contributed by atoms with Crippen LogP contribution < -0.4 is 0 Å². The van der Waals surface area contributed by atoms with Crippen LogP contribution in [0.5, 0.6) is 0 Å². The molecule has 0 unspecified atom stereocenters. The van der Waals surface area contributed by atoms with Crippen LogP contribution in [0.15, 0.2) is 30.3 Å². The molecule has 86 valence electrons. The molecule has 0 saturated carbocycles. The zero-order chi connectivity index (χ0) is 12.2. The summed E-state index contributed by atoms with van der Waals surface area (Å²) in [5, 5.41) is 2.52. The number of aryl methyl sites for hydroxylation is 1. The lowest BCUT2D eigenvalue weighted by Gasteiger charge is -2.20. The second kappa shape index (κ2) is 3.19. The quantitative estimate of drug-likeness (QED) is 0.660. The van der Waals surface area contributed by atoms with Gasteiger partial charge in [-0.05, 0) is 40.3 Å². The first-order valence-electron chi connectivity index (χ1n) is 6.07. The van der Waals surface area contributed by atoms with E-state index in [4.69, 9.17) is 0 Å². The number of carbonyl (C=O) groups excluding carboxylic acids is 1. The maximum Gasteiger partial charge on any atom is 0.164 e. The van der Waals surface area contributed by atoms with E-state index in [1.165, 1.54) is 21.9 Å². The molecule has 0 saturated heterocycles. The van der Waals surface area contributed by atoms with Gasteiger partial charge in [-0.25, -0.2) is 0 Å². The van der Waals surface area contributed by atoms with Crippen molar-refractivity contribution in [1.82, 2.24) is 0 Å². The van der Waals surface area contributed by atoms with Crippen LogP contribution in [0.3, 0.4) is 0 Å². The molecule has 1 nitrogen and oxygen atoms in total. The van der Waals surface area contributed by atoms with Gasteiger partial charge in [0.1, 0.15) is 0 Å². The number of carbonyl (C=O) groups is 1. The minimum atomic E-state index is -0.0281. The third kappa shape index (κ3) is 1.35. The first-order valence-corrected chi connectivity index (χ1v) is 6.07. The molecule has 2 aromatic carbocycles. The number of hydrogen-bond acceptors (Lipinski definition) is 1. The molecule has 0 amide bonds. The maximum atomic E-state index is 12.1. The molecule has 0 radical (unpaired) electrons. The van der Waals surface area contributed by atoms with Crippen molar-refractivity contribution in [3.8, 4) is 0 Å². The molecule has 0 N–H and O–H groups in total. The third-order valence-electron chi connectivity index (χ3n) is 3.83. The van der Waals surface area contributed by atoms with Gasteiger partial charge < -0.3 is 0 Å². The lowest BCUT2D eigenvalue weighted by Crippen LogP contribution is -2.13. The Morgan fingerprint density at radius 3 is 2.47 bits per heavy atom. The summed E-state index contributed by atoms with van der Waals surface area (Å²) in [4.78, 5) is 12.1. The highest BCUT2D eigenvalue weighted by molar-refractivity contribution is 6.08. The zero-order valence-corrected chi connectivity index (χ0v) is 10.5. The van der Waals surface area contributed by atoms with Gasteiger partial charge in [-0.3, -0.25) is 4.79 Å². The molecule has 0 heterocycles. The van der Waals surface area contributed by atoms with Crippen molar-refractivity contribution in [3.63, 3.8) is 0 Å². The lowest BCUT2D eigenvalue weighted by atomic mass is 9.83. The molecule has 0 fully saturated rings. The van der Waals surface area contributed by atoms with Crippen molar-refractivity contribution in [2.45, 2.75) is 32.6 Å². The second-order valence-corrected chi connectivity index (χ2v) is 5.65. The normalized spacial score (nSPS) is 17.5. The summed E-state index contributed by atoms with van der Waals surface area (Å²) in [6.07, 6.45) is 0.635. The van der Waals surface area contributed by atoms with Crippen LogP contribution in [-0.4, -0.2) is 5.78 Å². The Balaban J connectivity index is 2.51. The molecular weight excluding hydrogens is 208 g/mol. The maximum absolute atomic E-state index is 12.1. The SMILES string of the molecule is Cc1cc2c(c3ccccc13)C(C)(C)CC2=O. The fourth-order valence-corrected chi connectivity index (χ4v) is 3.09. The first-order chi connectivity index (χ1) is 8.00. The van der Waals surface area contributed by atoms with Gasteiger partial charge in [-0.15, -0.1) is 0 Å². The molecule has 1 heteroatoms. The summed E-state index contributed by atoms with van der Waals surface area (Å²) in [6.45, 7) is 6.41. The number of hydrogen-bond donors (Lipinski definition) is 0. The van der Waals surface area contributed by atoms with E-state index < -0.39 is 0 Å². The van der Waals surface area contributed by atoms with Gasteiger partial charge in [-0.2, -0.15) is 0 Å². The predicted octanol–water partition coefficient (Wildman–Crippen LogP) is 4.01. The summed E-state index contributed by atoms with van der Waals surface area (Å²) in [5.74, 6) is 0.291. The standard InChI is InChI=1S/C16H16O/c1-10-8-13-14(17)9-16(2,3)15(13)12-7-5-4-6-11(10)12/h4-8H,9H2,1-3H3. The Morgan fingerprint density at radius 2 is 1.76 bits per heavy atom. The monoisotopic (exact) mass is 224 g/mol. The van der Waals surface area contributed by atoms with Crippen molar-refractivity contribution >= 4 is 16.6 Å². The Bertz CT molecular complexity index is 635. The minimum absolute atomic E-state index is 0.0281. The van der Waals surface area contributed by atoms with Crippen molar-refractivity contribution in [3.05, 3.63) is 47.0 Å². The van der Waals surface area contributed by atoms with Crippen LogP contribution in [0.4, 0.5) is 0 Å².